The number of aliphatic hydroxyl groups is 1. The molecule has 1 heterocycles. The predicted molar refractivity (Wildman–Crippen MR) is 54.5 cm³/mol. The largest absolute Gasteiger partial charge is 0.392 e. The van der Waals surface area contributed by atoms with Gasteiger partial charge in [0.15, 0.2) is 0 Å². The SMILES string of the molecule is CC1CC(O)CN(C(C)(C)CN)C1. The topological polar surface area (TPSA) is 49.5 Å². The molecule has 1 rings (SSSR count). The van der Waals surface area contributed by atoms with Crippen LogP contribution in [-0.4, -0.2) is 41.3 Å². The molecule has 13 heavy (non-hydrogen) atoms. The first-order chi connectivity index (χ1) is 5.95. The minimum absolute atomic E-state index is 0.0235. The standard InChI is InChI=1S/C10H22N2O/c1-8-4-9(13)6-12(5-8)10(2,3)7-11/h8-9,13H,4-7,11H2,1-3H3. The van der Waals surface area contributed by atoms with Crippen molar-refractivity contribution < 1.29 is 5.11 Å². The van der Waals surface area contributed by atoms with Gasteiger partial charge in [-0.05, 0) is 26.2 Å². The first-order valence-electron chi connectivity index (χ1n) is 5.09. The summed E-state index contributed by atoms with van der Waals surface area (Å²) in [5.74, 6) is 0.578. The maximum absolute atomic E-state index is 9.63. The zero-order valence-corrected chi connectivity index (χ0v) is 8.95. The van der Waals surface area contributed by atoms with Crippen LogP contribution in [0.3, 0.4) is 0 Å². The Bertz CT molecular complexity index is 160. The van der Waals surface area contributed by atoms with Crippen LogP contribution in [0.15, 0.2) is 0 Å². The molecule has 3 nitrogen and oxygen atoms in total. The van der Waals surface area contributed by atoms with E-state index in [1.54, 1.807) is 0 Å². The van der Waals surface area contributed by atoms with E-state index in [9.17, 15) is 5.11 Å². The Kier molecular flexibility index (Phi) is 3.33. The molecule has 1 fully saturated rings. The Balaban J connectivity index is 2.59. The van der Waals surface area contributed by atoms with Crippen molar-refractivity contribution in [3.63, 3.8) is 0 Å². The van der Waals surface area contributed by atoms with E-state index in [2.05, 4.69) is 25.7 Å². The van der Waals surface area contributed by atoms with E-state index in [4.69, 9.17) is 5.73 Å². The van der Waals surface area contributed by atoms with E-state index < -0.39 is 0 Å². The van der Waals surface area contributed by atoms with Crippen molar-refractivity contribution >= 4 is 0 Å². The molecule has 0 saturated carbocycles. The second-order valence-electron chi connectivity index (χ2n) is 4.92. The first-order valence-corrected chi connectivity index (χ1v) is 5.09. The van der Waals surface area contributed by atoms with E-state index in [1.165, 1.54) is 0 Å². The molecule has 78 valence electrons. The lowest BCUT2D eigenvalue weighted by atomic mass is 9.92. The Hall–Kier alpha value is -0.120. The summed E-state index contributed by atoms with van der Waals surface area (Å²) in [6.07, 6.45) is 0.756. The zero-order valence-electron chi connectivity index (χ0n) is 8.95. The van der Waals surface area contributed by atoms with Crippen molar-refractivity contribution in [2.75, 3.05) is 19.6 Å². The van der Waals surface area contributed by atoms with E-state index in [-0.39, 0.29) is 11.6 Å². The van der Waals surface area contributed by atoms with Gasteiger partial charge in [0.2, 0.25) is 0 Å². The van der Waals surface area contributed by atoms with Gasteiger partial charge in [0.05, 0.1) is 6.10 Å². The highest BCUT2D eigenvalue weighted by Crippen LogP contribution is 2.23. The molecule has 0 amide bonds. The summed E-state index contributed by atoms with van der Waals surface area (Å²) in [5.41, 5.74) is 5.73. The maximum Gasteiger partial charge on any atom is 0.0670 e. The van der Waals surface area contributed by atoms with Crippen LogP contribution >= 0.6 is 0 Å². The van der Waals surface area contributed by atoms with Crippen LogP contribution in [0.5, 0.6) is 0 Å². The van der Waals surface area contributed by atoms with E-state index in [1.807, 2.05) is 0 Å². The third-order valence-electron chi connectivity index (χ3n) is 2.99. The van der Waals surface area contributed by atoms with Crippen molar-refractivity contribution in [1.82, 2.24) is 4.90 Å². The van der Waals surface area contributed by atoms with Crippen LogP contribution in [0, 0.1) is 5.92 Å². The lowest BCUT2D eigenvalue weighted by Crippen LogP contribution is -2.56. The summed E-state index contributed by atoms with van der Waals surface area (Å²) in [6, 6.07) is 0. The molecule has 0 spiro atoms. The van der Waals surface area contributed by atoms with Crippen LogP contribution in [0.1, 0.15) is 27.2 Å². The number of nitrogens with zero attached hydrogens (tertiary/aromatic N) is 1. The lowest BCUT2D eigenvalue weighted by molar-refractivity contribution is -0.00362. The Labute approximate surface area is 80.9 Å². The molecule has 0 aromatic carbocycles. The van der Waals surface area contributed by atoms with Gasteiger partial charge < -0.3 is 10.8 Å². The molecule has 0 aliphatic carbocycles. The first kappa shape index (κ1) is 11.0. The molecule has 0 bridgehead atoms. The quantitative estimate of drug-likeness (QED) is 0.657. The van der Waals surface area contributed by atoms with Gasteiger partial charge in [0, 0.05) is 25.2 Å². The van der Waals surface area contributed by atoms with Crippen LogP contribution in [-0.2, 0) is 0 Å². The number of β-amino-alcohol motifs (C(OH)–C–C–N with tert-alkyl or cyclic N) is 1. The van der Waals surface area contributed by atoms with Gasteiger partial charge in [-0.3, -0.25) is 4.90 Å². The van der Waals surface area contributed by atoms with Gasteiger partial charge >= 0.3 is 0 Å². The average Bonchev–Trinajstić information content (AvgIpc) is 2.02. The Morgan fingerprint density at radius 1 is 1.46 bits per heavy atom. The van der Waals surface area contributed by atoms with Gasteiger partial charge in [-0.1, -0.05) is 6.92 Å². The van der Waals surface area contributed by atoms with Gasteiger partial charge in [-0.15, -0.1) is 0 Å². The van der Waals surface area contributed by atoms with Crippen molar-refractivity contribution in [2.45, 2.75) is 38.8 Å². The van der Waals surface area contributed by atoms with Crippen LogP contribution in [0.2, 0.25) is 0 Å². The summed E-state index contributed by atoms with van der Waals surface area (Å²) in [4.78, 5) is 2.30. The van der Waals surface area contributed by atoms with Crippen molar-refractivity contribution in [2.24, 2.45) is 11.7 Å². The number of likely N-dealkylation sites (tertiary alicyclic amines) is 1. The lowest BCUT2D eigenvalue weighted by Gasteiger charge is -2.44. The summed E-state index contributed by atoms with van der Waals surface area (Å²) in [6.45, 7) is 8.93. The highest BCUT2D eigenvalue weighted by atomic mass is 16.3. The molecular weight excluding hydrogens is 164 g/mol. The molecule has 2 unspecified atom stereocenters. The minimum Gasteiger partial charge on any atom is -0.392 e. The molecule has 3 N–H and O–H groups in total. The van der Waals surface area contributed by atoms with Crippen molar-refractivity contribution in [3.05, 3.63) is 0 Å². The van der Waals surface area contributed by atoms with E-state index >= 15 is 0 Å². The fourth-order valence-electron chi connectivity index (χ4n) is 1.94. The third-order valence-corrected chi connectivity index (χ3v) is 2.99. The second-order valence-corrected chi connectivity index (χ2v) is 4.92. The van der Waals surface area contributed by atoms with Crippen molar-refractivity contribution in [3.8, 4) is 0 Å². The van der Waals surface area contributed by atoms with Gasteiger partial charge in [0.1, 0.15) is 0 Å². The van der Waals surface area contributed by atoms with Gasteiger partial charge in [0.25, 0.3) is 0 Å². The summed E-state index contributed by atoms with van der Waals surface area (Å²) < 4.78 is 0. The minimum atomic E-state index is -0.172. The second kappa shape index (κ2) is 3.95. The number of nitrogens with two attached hydrogens (primary N) is 1. The highest BCUT2D eigenvalue weighted by molar-refractivity contribution is 4.88. The number of hydrogen-bond acceptors (Lipinski definition) is 3. The van der Waals surface area contributed by atoms with Crippen LogP contribution in [0.4, 0.5) is 0 Å². The normalized spacial score (nSPS) is 32.1. The molecule has 3 heteroatoms. The Morgan fingerprint density at radius 2 is 2.08 bits per heavy atom. The van der Waals surface area contributed by atoms with E-state index in [0.717, 1.165) is 19.5 Å². The summed E-state index contributed by atoms with van der Waals surface area (Å²) in [5, 5.41) is 9.63. The molecule has 1 aliphatic rings. The fourth-order valence-corrected chi connectivity index (χ4v) is 1.94. The summed E-state index contributed by atoms with van der Waals surface area (Å²) in [7, 11) is 0. The number of aliphatic hydroxyl groups excluding tert-OH is 1. The smallest absolute Gasteiger partial charge is 0.0670 e. The third kappa shape index (κ3) is 2.66. The summed E-state index contributed by atoms with van der Waals surface area (Å²) >= 11 is 0. The molecule has 0 aromatic heterocycles. The van der Waals surface area contributed by atoms with Gasteiger partial charge in [-0.25, -0.2) is 0 Å². The van der Waals surface area contributed by atoms with Crippen molar-refractivity contribution in [1.29, 1.82) is 0 Å². The molecule has 1 saturated heterocycles. The maximum atomic E-state index is 9.63. The zero-order chi connectivity index (χ0) is 10.1. The average molecular weight is 186 g/mol. The predicted octanol–water partition coefficient (Wildman–Crippen LogP) is 0.426. The molecule has 0 aromatic rings. The molecule has 2 atom stereocenters. The van der Waals surface area contributed by atoms with Crippen LogP contribution < -0.4 is 5.73 Å². The number of piperidine rings is 1. The molecule has 1 aliphatic heterocycles. The monoisotopic (exact) mass is 186 g/mol. The number of hydrogen-bond donors (Lipinski definition) is 2. The van der Waals surface area contributed by atoms with E-state index in [0.29, 0.717) is 12.5 Å². The highest BCUT2D eigenvalue weighted by Gasteiger charge is 2.32. The molecular formula is C10H22N2O. The van der Waals surface area contributed by atoms with Crippen LogP contribution in [0.25, 0.3) is 0 Å². The fraction of sp³-hybridized carbons (Fsp3) is 1.00. The number of rotatable bonds is 2. The molecule has 0 radical (unpaired) electrons. The Morgan fingerprint density at radius 3 is 2.54 bits per heavy atom. The van der Waals surface area contributed by atoms with Gasteiger partial charge in [-0.2, -0.15) is 0 Å².